The van der Waals surface area contributed by atoms with Gasteiger partial charge < -0.3 is 5.11 Å². The zero-order valence-corrected chi connectivity index (χ0v) is 10.3. The number of aliphatic carboxylic acids is 1. The first kappa shape index (κ1) is 12.5. The van der Waals surface area contributed by atoms with Gasteiger partial charge in [0.2, 0.25) is 0 Å². The minimum absolute atomic E-state index is 0.106. The number of sulfone groups is 1. The van der Waals surface area contributed by atoms with Gasteiger partial charge in [-0.3, -0.25) is 4.79 Å². The van der Waals surface area contributed by atoms with Gasteiger partial charge in [0, 0.05) is 22.6 Å². The molecule has 2 unspecified atom stereocenters. The molecular formula is C9H13ClO4S. The van der Waals surface area contributed by atoms with Crippen LogP contribution in [0.3, 0.4) is 0 Å². The molecule has 1 aliphatic carbocycles. The normalized spacial score (nSPS) is 30.0. The molecular weight excluding hydrogens is 240 g/mol. The molecule has 6 heteroatoms. The van der Waals surface area contributed by atoms with Crippen molar-refractivity contribution in [3.05, 3.63) is 10.4 Å². The van der Waals surface area contributed by atoms with E-state index in [0.717, 1.165) is 11.7 Å². The van der Waals surface area contributed by atoms with Crippen LogP contribution in [0.1, 0.15) is 13.8 Å². The number of carboxylic acids is 1. The Morgan fingerprint density at radius 3 is 2.13 bits per heavy atom. The van der Waals surface area contributed by atoms with Gasteiger partial charge in [-0.05, 0) is 5.41 Å². The minimum atomic E-state index is -3.31. The van der Waals surface area contributed by atoms with E-state index in [2.05, 4.69) is 0 Å². The van der Waals surface area contributed by atoms with Crippen LogP contribution in [0, 0.1) is 17.3 Å². The van der Waals surface area contributed by atoms with E-state index in [4.69, 9.17) is 16.7 Å². The molecule has 1 rings (SSSR count). The third-order valence-electron chi connectivity index (χ3n) is 2.72. The molecule has 4 nitrogen and oxygen atoms in total. The quantitative estimate of drug-likeness (QED) is 0.826. The molecule has 0 radical (unpaired) electrons. The molecule has 15 heavy (non-hydrogen) atoms. The third-order valence-corrected chi connectivity index (χ3v) is 3.87. The van der Waals surface area contributed by atoms with E-state index in [1.165, 1.54) is 0 Å². The summed E-state index contributed by atoms with van der Waals surface area (Å²) in [5, 5.41) is 9.91. The average molecular weight is 253 g/mol. The van der Waals surface area contributed by atoms with E-state index in [1.807, 2.05) is 0 Å². The molecule has 0 bridgehead atoms. The molecule has 1 saturated carbocycles. The second-order valence-corrected chi connectivity index (χ2v) is 6.78. The highest BCUT2D eigenvalue weighted by Gasteiger charge is 2.63. The zero-order chi connectivity index (χ0) is 12.0. The molecule has 0 spiro atoms. The number of rotatable bonds is 3. The van der Waals surface area contributed by atoms with Crippen molar-refractivity contribution in [2.45, 2.75) is 13.8 Å². The van der Waals surface area contributed by atoms with Gasteiger partial charge in [0.15, 0.2) is 9.84 Å². The second kappa shape index (κ2) is 3.49. The zero-order valence-electron chi connectivity index (χ0n) is 8.69. The molecule has 0 aliphatic heterocycles. The Bertz CT molecular complexity index is 421. The van der Waals surface area contributed by atoms with Crippen LogP contribution in [-0.4, -0.2) is 25.7 Å². The summed E-state index contributed by atoms with van der Waals surface area (Å²) in [4.78, 5) is 10.8. The van der Waals surface area contributed by atoms with Crippen molar-refractivity contribution >= 4 is 27.4 Å². The summed E-state index contributed by atoms with van der Waals surface area (Å²) < 4.78 is 21.9. The fourth-order valence-corrected chi connectivity index (χ4v) is 3.34. The Labute approximate surface area is 93.8 Å². The fourth-order valence-electron chi connectivity index (χ4n) is 1.89. The molecule has 0 aromatic carbocycles. The first-order chi connectivity index (χ1) is 6.57. The number of halogens is 1. The Morgan fingerprint density at radius 1 is 1.40 bits per heavy atom. The molecule has 0 aromatic rings. The maximum atomic E-state index is 11.0. The SMILES string of the molecule is CC1(C)C(C(=O)O)C1C(Cl)=CS(C)(=O)=O. The molecule has 1 aliphatic rings. The Hall–Kier alpha value is -0.550. The molecule has 2 atom stereocenters. The summed E-state index contributed by atoms with van der Waals surface area (Å²) in [5.74, 6) is -1.93. The monoisotopic (exact) mass is 252 g/mol. The van der Waals surface area contributed by atoms with Gasteiger partial charge in [-0.25, -0.2) is 8.42 Å². The highest BCUT2D eigenvalue weighted by atomic mass is 35.5. The Morgan fingerprint density at radius 2 is 1.87 bits per heavy atom. The molecule has 1 fully saturated rings. The predicted octanol–water partition coefficient (Wildman–Crippen LogP) is 1.47. The van der Waals surface area contributed by atoms with E-state index in [0.29, 0.717) is 0 Å². The van der Waals surface area contributed by atoms with Crippen molar-refractivity contribution in [1.29, 1.82) is 0 Å². The lowest BCUT2D eigenvalue weighted by Crippen LogP contribution is -2.03. The van der Waals surface area contributed by atoms with Crippen molar-refractivity contribution in [1.82, 2.24) is 0 Å². The van der Waals surface area contributed by atoms with Crippen LogP contribution in [-0.2, 0) is 14.6 Å². The highest BCUT2D eigenvalue weighted by Crippen LogP contribution is 2.62. The van der Waals surface area contributed by atoms with Crippen molar-refractivity contribution < 1.29 is 18.3 Å². The summed E-state index contributed by atoms with van der Waals surface area (Å²) >= 11 is 5.80. The Kier molecular flexibility index (Phi) is 2.91. The average Bonchev–Trinajstić information content (AvgIpc) is 2.49. The summed E-state index contributed by atoms with van der Waals surface area (Å²) in [7, 11) is -3.31. The highest BCUT2D eigenvalue weighted by molar-refractivity contribution is 7.93. The maximum absolute atomic E-state index is 11.0. The van der Waals surface area contributed by atoms with Crippen LogP contribution < -0.4 is 0 Å². The van der Waals surface area contributed by atoms with E-state index in [9.17, 15) is 13.2 Å². The van der Waals surface area contributed by atoms with Gasteiger partial charge in [-0.2, -0.15) is 0 Å². The summed E-state index contributed by atoms with van der Waals surface area (Å²) in [6.07, 6.45) is 1.03. The van der Waals surface area contributed by atoms with Gasteiger partial charge in [0.25, 0.3) is 0 Å². The van der Waals surface area contributed by atoms with E-state index < -0.39 is 33.1 Å². The van der Waals surface area contributed by atoms with Crippen LogP contribution in [0.4, 0.5) is 0 Å². The topological polar surface area (TPSA) is 71.4 Å². The molecule has 0 aromatic heterocycles. The lowest BCUT2D eigenvalue weighted by molar-refractivity contribution is -0.139. The molecule has 86 valence electrons. The van der Waals surface area contributed by atoms with Crippen LogP contribution in [0.15, 0.2) is 10.4 Å². The number of hydrogen-bond acceptors (Lipinski definition) is 3. The van der Waals surface area contributed by atoms with Crippen LogP contribution in [0.25, 0.3) is 0 Å². The minimum Gasteiger partial charge on any atom is -0.481 e. The van der Waals surface area contributed by atoms with Crippen LogP contribution >= 0.6 is 11.6 Å². The molecule has 0 saturated heterocycles. The third kappa shape index (κ3) is 2.52. The summed E-state index contributed by atoms with van der Waals surface area (Å²) in [6.45, 7) is 3.52. The van der Waals surface area contributed by atoms with Gasteiger partial charge >= 0.3 is 5.97 Å². The number of allylic oxidation sites excluding steroid dienone is 1. The standard InChI is InChI=1S/C9H13ClO4S/c1-9(2)6(7(9)8(11)12)5(10)4-15(3,13)14/h4,6-7H,1-3H3,(H,11,12). The smallest absolute Gasteiger partial charge is 0.307 e. The first-order valence-electron chi connectivity index (χ1n) is 4.37. The first-order valence-corrected chi connectivity index (χ1v) is 6.70. The molecule has 0 amide bonds. The van der Waals surface area contributed by atoms with Gasteiger partial charge in [-0.15, -0.1) is 0 Å². The number of carbonyl (C=O) groups is 1. The predicted molar refractivity (Wildman–Crippen MR) is 57.2 cm³/mol. The lowest BCUT2D eigenvalue weighted by Gasteiger charge is -1.99. The van der Waals surface area contributed by atoms with E-state index in [1.54, 1.807) is 13.8 Å². The lowest BCUT2D eigenvalue weighted by atomic mass is 10.1. The molecule has 1 N–H and O–H groups in total. The van der Waals surface area contributed by atoms with Crippen molar-refractivity contribution in [3.8, 4) is 0 Å². The maximum Gasteiger partial charge on any atom is 0.307 e. The van der Waals surface area contributed by atoms with Crippen molar-refractivity contribution in [2.24, 2.45) is 17.3 Å². The number of hydrogen-bond donors (Lipinski definition) is 1. The summed E-state index contributed by atoms with van der Waals surface area (Å²) in [5.41, 5.74) is -0.468. The second-order valence-electron chi connectivity index (χ2n) is 4.45. The number of carboxylic acid groups (broad SMARTS) is 1. The van der Waals surface area contributed by atoms with Gasteiger partial charge in [-0.1, -0.05) is 25.4 Å². The fraction of sp³-hybridized carbons (Fsp3) is 0.667. The van der Waals surface area contributed by atoms with E-state index in [-0.39, 0.29) is 5.03 Å². The van der Waals surface area contributed by atoms with Gasteiger partial charge in [0.1, 0.15) is 0 Å². The molecule has 0 heterocycles. The Balaban J connectivity index is 2.95. The largest absolute Gasteiger partial charge is 0.481 e. The summed E-state index contributed by atoms with van der Waals surface area (Å²) in [6, 6.07) is 0. The van der Waals surface area contributed by atoms with Gasteiger partial charge in [0.05, 0.1) is 5.92 Å². The van der Waals surface area contributed by atoms with Crippen molar-refractivity contribution in [3.63, 3.8) is 0 Å². The van der Waals surface area contributed by atoms with E-state index >= 15 is 0 Å². The van der Waals surface area contributed by atoms with Crippen LogP contribution in [0.5, 0.6) is 0 Å². The van der Waals surface area contributed by atoms with Crippen LogP contribution in [0.2, 0.25) is 0 Å². The van der Waals surface area contributed by atoms with Crippen molar-refractivity contribution in [2.75, 3.05) is 6.26 Å².